The Bertz CT molecular complexity index is 325. The van der Waals surface area contributed by atoms with E-state index in [1.807, 2.05) is 25.1 Å². The van der Waals surface area contributed by atoms with E-state index in [0.717, 1.165) is 22.8 Å². The van der Waals surface area contributed by atoms with Gasteiger partial charge in [-0.2, -0.15) is 0 Å². The standard InChI is InChI=1S/C12H17NO2/c1-9(2)8-13-12-10(14-3)6-5-7-11(12)15-4/h5-7,13H,1,8H2,2-4H3. The molecule has 0 unspecified atom stereocenters. The molecule has 3 nitrogen and oxygen atoms in total. The fourth-order valence-electron chi connectivity index (χ4n) is 1.26. The minimum atomic E-state index is 0.705. The van der Waals surface area contributed by atoms with Crippen LogP contribution in [0.5, 0.6) is 11.5 Å². The summed E-state index contributed by atoms with van der Waals surface area (Å²) >= 11 is 0. The first-order valence-electron chi connectivity index (χ1n) is 4.78. The van der Waals surface area contributed by atoms with Crippen molar-refractivity contribution < 1.29 is 9.47 Å². The third-order valence-corrected chi connectivity index (χ3v) is 1.99. The van der Waals surface area contributed by atoms with Gasteiger partial charge >= 0.3 is 0 Å². The van der Waals surface area contributed by atoms with E-state index in [1.54, 1.807) is 14.2 Å². The predicted octanol–water partition coefficient (Wildman–Crippen LogP) is 2.69. The average molecular weight is 207 g/mol. The van der Waals surface area contributed by atoms with Crippen LogP contribution in [0, 0.1) is 0 Å². The van der Waals surface area contributed by atoms with Crippen LogP contribution < -0.4 is 14.8 Å². The van der Waals surface area contributed by atoms with Crippen molar-refractivity contribution in [1.29, 1.82) is 0 Å². The molecule has 0 aromatic heterocycles. The monoisotopic (exact) mass is 207 g/mol. The van der Waals surface area contributed by atoms with Gasteiger partial charge in [0.15, 0.2) is 0 Å². The zero-order chi connectivity index (χ0) is 11.3. The van der Waals surface area contributed by atoms with Crippen molar-refractivity contribution in [3.8, 4) is 11.5 Å². The number of rotatable bonds is 5. The Kier molecular flexibility index (Phi) is 4.03. The lowest BCUT2D eigenvalue weighted by Gasteiger charge is -2.14. The maximum absolute atomic E-state index is 5.25. The highest BCUT2D eigenvalue weighted by Gasteiger charge is 2.08. The van der Waals surface area contributed by atoms with E-state index in [9.17, 15) is 0 Å². The van der Waals surface area contributed by atoms with Gasteiger partial charge in [0.05, 0.1) is 14.2 Å². The van der Waals surface area contributed by atoms with Gasteiger partial charge in [-0.25, -0.2) is 0 Å². The van der Waals surface area contributed by atoms with E-state index in [0.29, 0.717) is 6.54 Å². The van der Waals surface area contributed by atoms with Crippen LogP contribution in [0.25, 0.3) is 0 Å². The largest absolute Gasteiger partial charge is 0.494 e. The molecule has 0 bridgehead atoms. The molecule has 1 N–H and O–H groups in total. The van der Waals surface area contributed by atoms with Gasteiger partial charge in [-0.3, -0.25) is 0 Å². The number of nitrogens with one attached hydrogen (secondary N) is 1. The molecule has 0 aliphatic carbocycles. The van der Waals surface area contributed by atoms with E-state index in [1.165, 1.54) is 0 Å². The molecule has 1 rings (SSSR count). The summed E-state index contributed by atoms with van der Waals surface area (Å²) < 4.78 is 10.5. The number of ether oxygens (including phenoxy) is 2. The maximum atomic E-state index is 5.25. The summed E-state index contributed by atoms with van der Waals surface area (Å²) in [5, 5.41) is 3.23. The van der Waals surface area contributed by atoms with Gasteiger partial charge in [-0.1, -0.05) is 18.2 Å². The van der Waals surface area contributed by atoms with Crippen LogP contribution in [-0.4, -0.2) is 20.8 Å². The molecule has 0 fully saturated rings. The molecule has 1 aromatic rings. The van der Waals surface area contributed by atoms with Crippen LogP contribution in [0.1, 0.15) is 6.92 Å². The van der Waals surface area contributed by atoms with Crippen LogP contribution in [-0.2, 0) is 0 Å². The molecular weight excluding hydrogens is 190 g/mol. The Labute approximate surface area is 90.7 Å². The van der Waals surface area contributed by atoms with Crippen LogP contribution in [0.2, 0.25) is 0 Å². The van der Waals surface area contributed by atoms with Gasteiger partial charge in [0.2, 0.25) is 0 Å². The number of benzene rings is 1. The molecule has 0 aliphatic rings. The first-order valence-corrected chi connectivity index (χ1v) is 4.78. The Morgan fingerprint density at radius 2 is 1.80 bits per heavy atom. The Hall–Kier alpha value is -1.64. The summed E-state index contributed by atoms with van der Waals surface area (Å²) in [4.78, 5) is 0. The lowest BCUT2D eigenvalue weighted by molar-refractivity contribution is 0.397. The number of hydrogen-bond acceptors (Lipinski definition) is 3. The molecule has 3 heteroatoms. The molecule has 0 atom stereocenters. The van der Waals surface area contributed by atoms with Crippen molar-refractivity contribution in [1.82, 2.24) is 0 Å². The average Bonchev–Trinajstić information content (AvgIpc) is 2.25. The minimum absolute atomic E-state index is 0.705. The third kappa shape index (κ3) is 2.91. The third-order valence-electron chi connectivity index (χ3n) is 1.99. The van der Waals surface area contributed by atoms with Crippen molar-refractivity contribution in [2.45, 2.75) is 6.92 Å². The molecule has 0 saturated carbocycles. The summed E-state index contributed by atoms with van der Waals surface area (Å²) in [6, 6.07) is 5.68. The van der Waals surface area contributed by atoms with Gasteiger partial charge in [-0.15, -0.1) is 0 Å². The molecule has 0 spiro atoms. The van der Waals surface area contributed by atoms with E-state index >= 15 is 0 Å². The van der Waals surface area contributed by atoms with E-state index in [4.69, 9.17) is 9.47 Å². The van der Waals surface area contributed by atoms with Gasteiger partial charge in [0.1, 0.15) is 17.2 Å². The van der Waals surface area contributed by atoms with Crippen molar-refractivity contribution in [2.24, 2.45) is 0 Å². The van der Waals surface area contributed by atoms with Crippen molar-refractivity contribution >= 4 is 5.69 Å². The minimum Gasteiger partial charge on any atom is -0.494 e. The number of anilines is 1. The van der Waals surface area contributed by atoms with Crippen LogP contribution in [0.15, 0.2) is 30.4 Å². The SMILES string of the molecule is C=C(C)CNc1c(OC)cccc1OC. The molecule has 82 valence electrons. The fourth-order valence-corrected chi connectivity index (χ4v) is 1.26. The topological polar surface area (TPSA) is 30.5 Å². The highest BCUT2D eigenvalue weighted by molar-refractivity contribution is 5.66. The van der Waals surface area contributed by atoms with Crippen LogP contribution >= 0.6 is 0 Å². The number of hydrogen-bond donors (Lipinski definition) is 1. The number of methoxy groups -OCH3 is 2. The molecule has 0 aliphatic heterocycles. The van der Waals surface area contributed by atoms with Crippen molar-refractivity contribution in [2.75, 3.05) is 26.1 Å². The Balaban J connectivity index is 2.94. The van der Waals surface area contributed by atoms with E-state index in [2.05, 4.69) is 11.9 Å². The predicted molar refractivity (Wildman–Crippen MR) is 62.8 cm³/mol. The molecule has 0 radical (unpaired) electrons. The fraction of sp³-hybridized carbons (Fsp3) is 0.333. The molecule has 15 heavy (non-hydrogen) atoms. The maximum Gasteiger partial charge on any atom is 0.145 e. The van der Waals surface area contributed by atoms with Crippen molar-refractivity contribution in [3.05, 3.63) is 30.4 Å². The van der Waals surface area contributed by atoms with Crippen LogP contribution in [0.3, 0.4) is 0 Å². The van der Waals surface area contributed by atoms with Gasteiger partial charge in [0, 0.05) is 6.54 Å². The summed E-state index contributed by atoms with van der Waals surface area (Å²) in [7, 11) is 3.28. The molecule has 0 saturated heterocycles. The quantitative estimate of drug-likeness (QED) is 0.753. The normalized spacial score (nSPS) is 9.53. The van der Waals surface area contributed by atoms with Gasteiger partial charge in [0.25, 0.3) is 0 Å². The second-order valence-corrected chi connectivity index (χ2v) is 3.35. The first-order chi connectivity index (χ1) is 7.19. The lowest BCUT2D eigenvalue weighted by atomic mass is 10.2. The molecular formula is C12H17NO2. The van der Waals surface area contributed by atoms with E-state index in [-0.39, 0.29) is 0 Å². The van der Waals surface area contributed by atoms with Gasteiger partial charge in [-0.05, 0) is 19.1 Å². The Morgan fingerprint density at radius 3 is 2.20 bits per heavy atom. The number of para-hydroxylation sites is 1. The van der Waals surface area contributed by atoms with Crippen LogP contribution in [0.4, 0.5) is 5.69 Å². The second kappa shape index (κ2) is 5.29. The lowest BCUT2D eigenvalue weighted by Crippen LogP contribution is -2.05. The summed E-state index contributed by atoms with van der Waals surface area (Å²) in [5.41, 5.74) is 1.92. The molecule has 0 heterocycles. The van der Waals surface area contributed by atoms with Gasteiger partial charge < -0.3 is 14.8 Å². The molecule has 0 amide bonds. The highest BCUT2D eigenvalue weighted by Crippen LogP contribution is 2.33. The summed E-state index contributed by atoms with van der Waals surface area (Å²) in [6.45, 7) is 6.51. The second-order valence-electron chi connectivity index (χ2n) is 3.35. The Morgan fingerprint density at radius 1 is 1.27 bits per heavy atom. The summed E-state index contributed by atoms with van der Waals surface area (Å²) in [5.74, 6) is 1.55. The summed E-state index contributed by atoms with van der Waals surface area (Å²) in [6.07, 6.45) is 0. The molecule has 1 aromatic carbocycles. The highest BCUT2D eigenvalue weighted by atomic mass is 16.5. The first kappa shape index (κ1) is 11.4. The zero-order valence-electron chi connectivity index (χ0n) is 9.46. The van der Waals surface area contributed by atoms with Crippen molar-refractivity contribution in [3.63, 3.8) is 0 Å². The van der Waals surface area contributed by atoms with E-state index < -0.39 is 0 Å². The zero-order valence-corrected chi connectivity index (χ0v) is 9.46. The smallest absolute Gasteiger partial charge is 0.145 e.